The van der Waals surface area contributed by atoms with Crippen molar-refractivity contribution >= 4 is 11.9 Å². The third-order valence-corrected chi connectivity index (χ3v) is 3.40. The van der Waals surface area contributed by atoms with Gasteiger partial charge in [0.25, 0.3) is 0 Å². The minimum absolute atomic E-state index is 0.179. The Labute approximate surface area is 145 Å². The van der Waals surface area contributed by atoms with Crippen LogP contribution in [0.25, 0.3) is 0 Å². The van der Waals surface area contributed by atoms with Crippen LogP contribution in [0.5, 0.6) is 0 Å². The Morgan fingerprint density at radius 3 is 2.29 bits per heavy atom. The first-order valence-corrected chi connectivity index (χ1v) is 8.05. The quantitative estimate of drug-likeness (QED) is 0.488. The highest BCUT2D eigenvalue weighted by Crippen LogP contribution is 2.17. The van der Waals surface area contributed by atoms with Crippen molar-refractivity contribution in [3.8, 4) is 0 Å². The van der Waals surface area contributed by atoms with E-state index in [0.29, 0.717) is 19.3 Å². The second kappa shape index (κ2) is 10.8. The molecule has 0 saturated heterocycles. The second-order valence-corrected chi connectivity index (χ2v) is 6.30. The van der Waals surface area contributed by atoms with Gasteiger partial charge in [-0.15, -0.1) is 6.58 Å². The van der Waals surface area contributed by atoms with Gasteiger partial charge in [0.05, 0.1) is 5.60 Å². The summed E-state index contributed by atoms with van der Waals surface area (Å²) in [4.78, 5) is 22.1. The molecule has 0 aromatic rings. The summed E-state index contributed by atoms with van der Waals surface area (Å²) >= 11 is 0. The maximum atomic E-state index is 11.3. The molecule has 0 aliphatic carbocycles. The van der Waals surface area contributed by atoms with Gasteiger partial charge >= 0.3 is 11.9 Å². The molecule has 2 unspecified atom stereocenters. The first kappa shape index (κ1) is 22.1. The van der Waals surface area contributed by atoms with E-state index in [1.54, 1.807) is 13.0 Å². The Hall–Kier alpha value is -1.88. The highest BCUT2D eigenvalue weighted by Gasteiger charge is 2.14. The van der Waals surface area contributed by atoms with Crippen molar-refractivity contribution in [2.45, 2.75) is 65.6 Å². The normalized spacial score (nSPS) is 16.1. The van der Waals surface area contributed by atoms with Crippen LogP contribution in [0.2, 0.25) is 0 Å². The Morgan fingerprint density at radius 2 is 1.79 bits per heavy atom. The Morgan fingerprint density at radius 1 is 1.17 bits per heavy atom. The van der Waals surface area contributed by atoms with Crippen molar-refractivity contribution in [1.29, 1.82) is 0 Å². The number of ether oxygens (including phenoxy) is 2. The Bertz CT molecular complexity index is 500. The number of hydrogen-bond donors (Lipinski definition) is 1. The Balaban J connectivity index is 4.76. The molecule has 0 bridgehead atoms. The summed E-state index contributed by atoms with van der Waals surface area (Å²) in [6.45, 7) is 12.0. The summed E-state index contributed by atoms with van der Waals surface area (Å²) in [7, 11) is 0. The molecule has 24 heavy (non-hydrogen) atoms. The van der Waals surface area contributed by atoms with E-state index in [0.717, 1.165) is 11.1 Å². The fourth-order valence-electron chi connectivity index (χ4n) is 2.04. The molecule has 0 aliphatic rings. The lowest BCUT2D eigenvalue weighted by atomic mass is 9.98. The van der Waals surface area contributed by atoms with Gasteiger partial charge in [-0.2, -0.15) is 0 Å². The third-order valence-electron chi connectivity index (χ3n) is 3.40. The highest BCUT2D eigenvalue weighted by molar-refractivity contribution is 5.66. The fourth-order valence-corrected chi connectivity index (χ4v) is 2.04. The van der Waals surface area contributed by atoms with Gasteiger partial charge in [-0.25, -0.2) is 0 Å². The minimum atomic E-state index is -0.882. The molecule has 0 spiro atoms. The van der Waals surface area contributed by atoms with Crippen molar-refractivity contribution in [3.05, 3.63) is 36.0 Å². The van der Waals surface area contributed by atoms with Gasteiger partial charge in [-0.1, -0.05) is 17.7 Å². The molecule has 136 valence electrons. The summed E-state index contributed by atoms with van der Waals surface area (Å²) in [5, 5.41) is 9.89. The first-order chi connectivity index (χ1) is 11.1. The van der Waals surface area contributed by atoms with Crippen LogP contribution in [0.3, 0.4) is 0 Å². The van der Waals surface area contributed by atoms with Gasteiger partial charge in [0, 0.05) is 20.3 Å². The van der Waals surface area contributed by atoms with Crippen LogP contribution >= 0.6 is 0 Å². The SMILES string of the molecule is C=CC(C)(O)CCC=C(C)CC(C=C(C)COC(C)=O)OC(C)=O. The van der Waals surface area contributed by atoms with E-state index in [-0.39, 0.29) is 18.5 Å². The van der Waals surface area contributed by atoms with Crippen molar-refractivity contribution in [1.82, 2.24) is 0 Å². The summed E-state index contributed by atoms with van der Waals surface area (Å²) in [5.41, 5.74) is 0.989. The molecule has 0 amide bonds. The first-order valence-electron chi connectivity index (χ1n) is 8.05. The summed E-state index contributed by atoms with van der Waals surface area (Å²) in [6, 6.07) is 0. The van der Waals surface area contributed by atoms with Crippen molar-refractivity contribution in [2.24, 2.45) is 0 Å². The molecule has 1 N–H and O–H groups in total. The van der Waals surface area contributed by atoms with Gasteiger partial charge in [-0.3, -0.25) is 9.59 Å². The van der Waals surface area contributed by atoms with Crippen LogP contribution < -0.4 is 0 Å². The summed E-state index contributed by atoms with van der Waals surface area (Å²) in [5.74, 6) is -0.712. The van der Waals surface area contributed by atoms with Gasteiger partial charge in [0.1, 0.15) is 12.7 Å². The molecule has 5 nitrogen and oxygen atoms in total. The molecule has 0 aromatic heterocycles. The van der Waals surface area contributed by atoms with Crippen LogP contribution in [-0.4, -0.2) is 35.4 Å². The average Bonchev–Trinajstić information content (AvgIpc) is 2.44. The van der Waals surface area contributed by atoms with Gasteiger partial charge < -0.3 is 14.6 Å². The highest BCUT2D eigenvalue weighted by atomic mass is 16.5. The number of rotatable bonds is 10. The average molecular weight is 338 g/mol. The van der Waals surface area contributed by atoms with Crippen molar-refractivity contribution in [2.75, 3.05) is 6.61 Å². The monoisotopic (exact) mass is 338 g/mol. The van der Waals surface area contributed by atoms with Crippen LogP contribution in [0, 0.1) is 0 Å². The lowest BCUT2D eigenvalue weighted by Crippen LogP contribution is -2.19. The van der Waals surface area contributed by atoms with E-state index in [2.05, 4.69) is 6.58 Å². The van der Waals surface area contributed by atoms with E-state index in [1.165, 1.54) is 19.9 Å². The predicted molar refractivity (Wildman–Crippen MR) is 94.4 cm³/mol. The van der Waals surface area contributed by atoms with Gasteiger partial charge in [0.15, 0.2) is 0 Å². The maximum absolute atomic E-state index is 11.3. The molecule has 2 atom stereocenters. The third kappa shape index (κ3) is 11.7. The van der Waals surface area contributed by atoms with Crippen molar-refractivity contribution in [3.63, 3.8) is 0 Å². The minimum Gasteiger partial charge on any atom is -0.461 e. The molecule has 0 aliphatic heterocycles. The van der Waals surface area contributed by atoms with Crippen LogP contribution in [-0.2, 0) is 19.1 Å². The standard InChI is InChI=1S/C19H30O5/c1-7-19(6,22)10-8-9-14(2)11-18(24-17(5)21)12-15(3)13-23-16(4)20/h7,9,12,18,22H,1,8,10-11,13H2,2-6H3. The number of esters is 2. The van der Waals surface area contributed by atoms with Crippen LogP contribution in [0.15, 0.2) is 36.0 Å². The molecule has 0 saturated carbocycles. The number of hydrogen-bond acceptors (Lipinski definition) is 5. The van der Waals surface area contributed by atoms with E-state index in [4.69, 9.17) is 9.47 Å². The maximum Gasteiger partial charge on any atom is 0.303 e. The number of aliphatic hydroxyl groups is 1. The topological polar surface area (TPSA) is 72.8 Å². The van der Waals surface area contributed by atoms with Crippen LogP contribution in [0.4, 0.5) is 0 Å². The number of carbonyl (C=O) groups is 2. The van der Waals surface area contributed by atoms with Gasteiger partial charge in [-0.05, 0) is 45.3 Å². The fraction of sp³-hybridized carbons (Fsp3) is 0.579. The smallest absolute Gasteiger partial charge is 0.303 e. The molecule has 5 heteroatoms. The van der Waals surface area contributed by atoms with Crippen LogP contribution in [0.1, 0.15) is 53.9 Å². The number of carbonyl (C=O) groups excluding carboxylic acids is 2. The van der Waals surface area contributed by atoms with Gasteiger partial charge in [0.2, 0.25) is 0 Å². The second-order valence-electron chi connectivity index (χ2n) is 6.30. The van der Waals surface area contributed by atoms with E-state index < -0.39 is 11.7 Å². The zero-order valence-electron chi connectivity index (χ0n) is 15.4. The van der Waals surface area contributed by atoms with E-state index in [9.17, 15) is 14.7 Å². The molecule has 0 heterocycles. The number of allylic oxidation sites excluding steroid dienone is 1. The molecule has 0 aromatic carbocycles. The lowest BCUT2D eigenvalue weighted by Gasteiger charge is -2.18. The largest absolute Gasteiger partial charge is 0.461 e. The molecular formula is C19H30O5. The molecular weight excluding hydrogens is 308 g/mol. The van der Waals surface area contributed by atoms with E-state index in [1.807, 2.05) is 19.9 Å². The zero-order chi connectivity index (χ0) is 18.8. The summed E-state index contributed by atoms with van der Waals surface area (Å²) in [6.07, 6.45) is 6.76. The Kier molecular flexibility index (Phi) is 9.97. The molecule has 0 fully saturated rings. The predicted octanol–water partition coefficient (Wildman–Crippen LogP) is 3.48. The zero-order valence-corrected chi connectivity index (χ0v) is 15.4. The van der Waals surface area contributed by atoms with Crippen molar-refractivity contribution < 1.29 is 24.2 Å². The molecule has 0 rings (SSSR count). The van der Waals surface area contributed by atoms with E-state index >= 15 is 0 Å². The lowest BCUT2D eigenvalue weighted by molar-refractivity contribution is -0.144. The molecule has 0 radical (unpaired) electrons. The summed E-state index contributed by atoms with van der Waals surface area (Å²) < 4.78 is 10.2.